The highest BCUT2D eigenvalue weighted by Gasteiger charge is 2.17. The summed E-state index contributed by atoms with van der Waals surface area (Å²) in [5.41, 5.74) is 1.48. The molecule has 0 fully saturated rings. The Morgan fingerprint density at radius 3 is 2.57 bits per heavy atom. The van der Waals surface area contributed by atoms with Crippen molar-refractivity contribution < 1.29 is 8.78 Å². The van der Waals surface area contributed by atoms with E-state index >= 15 is 0 Å². The summed E-state index contributed by atoms with van der Waals surface area (Å²) in [7, 11) is 0. The van der Waals surface area contributed by atoms with Crippen LogP contribution >= 0.6 is 11.6 Å². The minimum absolute atomic E-state index is 0.0471. The second-order valence-corrected chi connectivity index (χ2v) is 5.37. The molecule has 2 aromatic carbocycles. The van der Waals surface area contributed by atoms with E-state index in [-0.39, 0.29) is 17.6 Å². The zero-order valence-electron chi connectivity index (χ0n) is 11.9. The maximum Gasteiger partial charge on any atom is 0.126 e. The van der Waals surface area contributed by atoms with Gasteiger partial charge in [0.25, 0.3) is 0 Å². The van der Waals surface area contributed by atoms with Crippen LogP contribution in [0.2, 0.25) is 5.02 Å². The lowest BCUT2D eigenvalue weighted by molar-refractivity contribution is 0.544. The molecule has 4 heteroatoms. The molecule has 112 valence electrons. The minimum atomic E-state index is -0.363. The first-order chi connectivity index (χ1) is 10.1. The highest BCUT2D eigenvalue weighted by atomic mass is 35.5. The maximum atomic E-state index is 14.0. The second kappa shape index (κ2) is 7.53. The molecule has 0 heterocycles. The lowest BCUT2D eigenvalue weighted by Gasteiger charge is -2.19. The van der Waals surface area contributed by atoms with Gasteiger partial charge in [-0.1, -0.05) is 42.8 Å². The van der Waals surface area contributed by atoms with E-state index in [1.165, 1.54) is 18.2 Å². The van der Waals surface area contributed by atoms with Crippen LogP contribution in [0.5, 0.6) is 0 Å². The van der Waals surface area contributed by atoms with Crippen LogP contribution in [0.4, 0.5) is 8.78 Å². The summed E-state index contributed by atoms with van der Waals surface area (Å²) >= 11 is 6.08. The molecule has 1 N–H and O–H groups in total. The summed E-state index contributed by atoms with van der Waals surface area (Å²) in [5, 5.41) is 3.62. The Hall–Kier alpha value is -1.45. The average Bonchev–Trinajstić information content (AvgIpc) is 2.46. The van der Waals surface area contributed by atoms with Gasteiger partial charge in [0, 0.05) is 17.5 Å². The first kappa shape index (κ1) is 15.9. The van der Waals surface area contributed by atoms with E-state index in [1.54, 1.807) is 18.2 Å². The van der Waals surface area contributed by atoms with Gasteiger partial charge in [0.05, 0.1) is 0 Å². The Morgan fingerprint density at radius 1 is 1.14 bits per heavy atom. The van der Waals surface area contributed by atoms with Crippen LogP contribution in [0.25, 0.3) is 0 Å². The highest BCUT2D eigenvalue weighted by Crippen LogP contribution is 2.27. The number of halogens is 3. The van der Waals surface area contributed by atoms with Crippen LogP contribution in [0.3, 0.4) is 0 Å². The van der Waals surface area contributed by atoms with Crippen molar-refractivity contribution >= 4 is 11.6 Å². The maximum absolute atomic E-state index is 14.0. The minimum Gasteiger partial charge on any atom is -0.316 e. The van der Waals surface area contributed by atoms with Crippen molar-refractivity contribution in [3.63, 3.8) is 0 Å². The molecule has 1 unspecified atom stereocenters. The van der Waals surface area contributed by atoms with Gasteiger partial charge in [-0.25, -0.2) is 8.78 Å². The standard InChI is InChI=1S/C17H18ClF2N/c1-2-21-11-13(15-5-3-4-6-17(15)20)9-12-7-8-14(19)10-16(12)18/h3-8,10,13,21H,2,9,11H2,1H3. The number of benzene rings is 2. The molecule has 0 aliphatic carbocycles. The van der Waals surface area contributed by atoms with Gasteiger partial charge in [-0.3, -0.25) is 0 Å². The molecule has 2 rings (SSSR count). The van der Waals surface area contributed by atoms with Crippen LogP contribution in [0.1, 0.15) is 24.0 Å². The number of hydrogen-bond donors (Lipinski definition) is 1. The van der Waals surface area contributed by atoms with E-state index in [0.29, 0.717) is 23.6 Å². The number of likely N-dealkylation sites (N-methyl/N-ethyl adjacent to an activating group) is 1. The van der Waals surface area contributed by atoms with Crippen molar-refractivity contribution in [3.05, 3.63) is 70.2 Å². The summed E-state index contributed by atoms with van der Waals surface area (Å²) in [5.74, 6) is -0.634. The summed E-state index contributed by atoms with van der Waals surface area (Å²) < 4.78 is 27.1. The zero-order chi connectivity index (χ0) is 15.2. The SMILES string of the molecule is CCNCC(Cc1ccc(F)cc1Cl)c1ccccc1F. The normalized spacial score (nSPS) is 12.4. The Labute approximate surface area is 128 Å². The van der Waals surface area contributed by atoms with Crippen molar-refractivity contribution in [1.82, 2.24) is 5.32 Å². The smallest absolute Gasteiger partial charge is 0.126 e. The van der Waals surface area contributed by atoms with Gasteiger partial charge in [-0.15, -0.1) is 0 Å². The van der Waals surface area contributed by atoms with Gasteiger partial charge in [0.1, 0.15) is 11.6 Å². The summed E-state index contributed by atoms with van der Waals surface area (Å²) in [4.78, 5) is 0. The van der Waals surface area contributed by atoms with Crippen LogP contribution in [-0.4, -0.2) is 13.1 Å². The van der Waals surface area contributed by atoms with Crippen LogP contribution in [-0.2, 0) is 6.42 Å². The summed E-state index contributed by atoms with van der Waals surface area (Å²) in [6, 6.07) is 11.1. The number of nitrogens with one attached hydrogen (secondary N) is 1. The van der Waals surface area contributed by atoms with Crippen LogP contribution < -0.4 is 5.32 Å². The van der Waals surface area contributed by atoms with Crippen molar-refractivity contribution in [2.24, 2.45) is 0 Å². The molecule has 0 amide bonds. The Kier molecular flexibility index (Phi) is 5.71. The Morgan fingerprint density at radius 2 is 1.90 bits per heavy atom. The van der Waals surface area contributed by atoms with Crippen LogP contribution in [0.15, 0.2) is 42.5 Å². The fourth-order valence-corrected chi connectivity index (χ4v) is 2.61. The molecule has 1 atom stereocenters. The molecule has 0 spiro atoms. The van der Waals surface area contributed by atoms with Crippen molar-refractivity contribution in [3.8, 4) is 0 Å². The molecular formula is C17H18ClF2N. The predicted molar refractivity (Wildman–Crippen MR) is 82.8 cm³/mol. The molecule has 0 saturated carbocycles. The summed E-state index contributed by atoms with van der Waals surface area (Å²) in [6.07, 6.45) is 0.563. The molecule has 0 aliphatic rings. The van der Waals surface area contributed by atoms with E-state index in [2.05, 4.69) is 5.32 Å². The average molecular weight is 310 g/mol. The number of rotatable bonds is 6. The van der Waals surface area contributed by atoms with Gasteiger partial charge in [0.2, 0.25) is 0 Å². The lowest BCUT2D eigenvalue weighted by atomic mass is 9.91. The quantitative estimate of drug-likeness (QED) is 0.825. The monoisotopic (exact) mass is 309 g/mol. The van der Waals surface area contributed by atoms with Crippen LogP contribution in [0, 0.1) is 11.6 Å². The lowest BCUT2D eigenvalue weighted by Crippen LogP contribution is -2.23. The van der Waals surface area contributed by atoms with E-state index in [0.717, 1.165) is 12.1 Å². The van der Waals surface area contributed by atoms with Gasteiger partial charge in [-0.2, -0.15) is 0 Å². The third-order valence-corrected chi connectivity index (χ3v) is 3.82. The zero-order valence-corrected chi connectivity index (χ0v) is 12.6. The van der Waals surface area contributed by atoms with Gasteiger partial charge in [-0.05, 0) is 42.3 Å². The summed E-state index contributed by atoms with van der Waals surface area (Å²) in [6.45, 7) is 3.45. The fraction of sp³-hybridized carbons (Fsp3) is 0.294. The van der Waals surface area contributed by atoms with Gasteiger partial charge >= 0.3 is 0 Å². The van der Waals surface area contributed by atoms with Gasteiger partial charge < -0.3 is 5.32 Å². The molecule has 0 bridgehead atoms. The molecule has 1 nitrogen and oxygen atoms in total. The van der Waals surface area contributed by atoms with E-state index in [4.69, 9.17) is 11.6 Å². The van der Waals surface area contributed by atoms with E-state index < -0.39 is 0 Å². The topological polar surface area (TPSA) is 12.0 Å². The van der Waals surface area contributed by atoms with E-state index in [9.17, 15) is 8.78 Å². The second-order valence-electron chi connectivity index (χ2n) is 4.97. The van der Waals surface area contributed by atoms with Crippen molar-refractivity contribution in [2.45, 2.75) is 19.3 Å². The molecule has 0 aliphatic heterocycles. The first-order valence-electron chi connectivity index (χ1n) is 7.01. The fourth-order valence-electron chi connectivity index (χ4n) is 2.37. The Balaban J connectivity index is 2.26. The van der Waals surface area contributed by atoms with Gasteiger partial charge in [0.15, 0.2) is 0 Å². The number of hydrogen-bond acceptors (Lipinski definition) is 1. The molecule has 0 radical (unpaired) electrons. The third kappa shape index (κ3) is 4.26. The molecule has 0 saturated heterocycles. The van der Waals surface area contributed by atoms with Crippen molar-refractivity contribution in [2.75, 3.05) is 13.1 Å². The third-order valence-electron chi connectivity index (χ3n) is 3.47. The van der Waals surface area contributed by atoms with Crippen molar-refractivity contribution in [1.29, 1.82) is 0 Å². The molecule has 0 aromatic heterocycles. The first-order valence-corrected chi connectivity index (χ1v) is 7.38. The molecule has 21 heavy (non-hydrogen) atoms. The largest absolute Gasteiger partial charge is 0.316 e. The highest BCUT2D eigenvalue weighted by molar-refractivity contribution is 6.31. The van der Waals surface area contributed by atoms with E-state index in [1.807, 2.05) is 13.0 Å². The Bertz CT molecular complexity index is 601. The predicted octanol–water partition coefficient (Wildman–Crippen LogP) is 4.55. The molecule has 2 aromatic rings. The molecular weight excluding hydrogens is 292 g/mol.